The van der Waals surface area contributed by atoms with E-state index in [1.165, 1.54) is 0 Å². The lowest BCUT2D eigenvalue weighted by Gasteiger charge is -2.32. The summed E-state index contributed by atoms with van der Waals surface area (Å²) in [4.78, 5) is 8.84. The van der Waals surface area contributed by atoms with Gasteiger partial charge in [-0.3, -0.25) is 4.98 Å². The van der Waals surface area contributed by atoms with Crippen LogP contribution in [-0.4, -0.2) is 45.5 Å². The maximum absolute atomic E-state index is 13.2. The Kier molecular flexibility index (Phi) is 5.26. The summed E-state index contributed by atoms with van der Waals surface area (Å²) in [6.45, 7) is 7.05. The monoisotopic (exact) mass is 415 g/mol. The van der Waals surface area contributed by atoms with Gasteiger partial charge in [-0.2, -0.15) is 4.31 Å². The van der Waals surface area contributed by atoms with Gasteiger partial charge < -0.3 is 9.09 Å². The number of piperidine rings is 1. The minimum Gasteiger partial charge on any atom is -0.360 e. The Morgan fingerprint density at radius 2 is 1.97 bits per heavy atom. The van der Waals surface area contributed by atoms with Crippen LogP contribution in [0.2, 0.25) is 0 Å². The Hall–Kier alpha value is -2.52. The van der Waals surface area contributed by atoms with Gasteiger partial charge in [0, 0.05) is 49.5 Å². The molecule has 3 aromatic heterocycles. The van der Waals surface area contributed by atoms with Crippen molar-refractivity contribution in [1.29, 1.82) is 0 Å². The van der Waals surface area contributed by atoms with Gasteiger partial charge in [0.25, 0.3) is 0 Å². The van der Waals surface area contributed by atoms with Crippen LogP contribution in [-0.2, 0) is 16.6 Å². The first-order valence-electron chi connectivity index (χ1n) is 9.73. The van der Waals surface area contributed by atoms with Crippen LogP contribution >= 0.6 is 0 Å². The van der Waals surface area contributed by atoms with Gasteiger partial charge in [-0.1, -0.05) is 5.16 Å². The van der Waals surface area contributed by atoms with Crippen molar-refractivity contribution in [2.24, 2.45) is 5.92 Å². The smallest absolute Gasteiger partial charge is 0.248 e. The van der Waals surface area contributed by atoms with Crippen LogP contribution in [0.25, 0.3) is 11.4 Å². The first-order valence-corrected chi connectivity index (χ1v) is 11.2. The molecule has 1 unspecified atom stereocenters. The van der Waals surface area contributed by atoms with Crippen molar-refractivity contribution in [2.45, 2.75) is 45.1 Å². The molecule has 0 aromatic carbocycles. The van der Waals surface area contributed by atoms with Crippen molar-refractivity contribution in [2.75, 3.05) is 13.1 Å². The molecular formula is C20H25N5O3S. The van der Waals surface area contributed by atoms with Crippen molar-refractivity contribution in [3.05, 3.63) is 47.9 Å². The van der Waals surface area contributed by atoms with Crippen molar-refractivity contribution < 1.29 is 12.9 Å². The quantitative estimate of drug-likeness (QED) is 0.636. The summed E-state index contributed by atoms with van der Waals surface area (Å²) in [7, 11) is -3.62. The number of pyridine rings is 1. The van der Waals surface area contributed by atoms with Gasteiger partial charge >= 0.3 is 0 Å². The molecule has 8 nitrogen and oxygen atoms in total. The van der Waals surface area contributed by atoms with Gasteiger partial charge in [-0.05, 0) is 51.7 Å². The molecule has 0 aliphatic carbocycles. The van der Waals surface area contributed by atoms with E-state index in [1.807, 2.05) is 25.3 Å². The van der Waals surface area contributed by atoms with Crippen molar-refractivity contribution in [3.63, 3.8) is 0 Å². The number of rotatable bonds is 5. The maximum Gasteiger partial charge on any atom is 0.248 e. The molecule has 0 bridgehead atoms. The first kappa shape index (κ1) is 19.8. The zero-order valence-corrected chi connectivity index (χ0v) is 17.7. The summed E-state index contributed by atoms with van der Waals surface area (Å²) in [5.74, 6) is 1.43. The van der Waals surface area contributed by atoms with Crippen molar-refractivity contribution >= 4 is 10.0 Å². The minimum atomic E-state index is -3.62. The van der Waals surface area contributed by atoms with Crippen LogP contribution in [0.1, 0.15) is 30.0 Å². The van der Waals surface area contributed by atoms with Gasteiger partial charge in [0.1, 0.15) is 16.4 Å². The Balaban J connectivity index is 1.57. The topological polar surface area (TPSA) is 94.1 Å². The summed E-state index contributed by atoms with van der Waals surface area (Å²) in [5.41, 5.74) is 2.47. The Morgan fingerprint density at radius 1 is 1.21 bits per heavy atom. The SMILES string of the molecule is Cc1noc(C)c1S(=O)(=O)N1CCCC(Cn2c(C)cnc2-c2ccncc2)C1. The standard InChI is InChI=1S/C20H25N5O3S/c1-14-11-22-20(18-6-8-21-9-7-18)25(14)13-17-5-4-10-24(12-17)29(26,27)19-15(2)23-28-16(19)3/h6-9,11,17H,4-5,10,12-13H2,1-3H3. The molecule has 9 heteroatoms. The highest BCUT2D eigenvalue weighted by atomic mass is 32.2. The molecule has 4 heterocycles. The van der Waals surface area contributed by atoms with Gasteiger partial charge in [0.2, 0.25) is 10.0 Å². The molecule has 1 saturated heterocycles. The van der Waals surface area contributed by atoms with E-state index in [0.717, 1.165) is 36.5 Å². The van der Waals surface area contributed by atoms with E-state index in [0.29, 0.717) is 24.5 Å². The molecule has 154 valence electrons. The zero-order valence-electron chi connectivity index (χ0n) is 16.9. The largest absolute Gasteiger partial charge is 0.360 e. The first-order chi connectivity index (χ1) is 13.9. The number of hydrogen-bond acceptors (Lipinski definition) is 6. The molecule has 0 spiro atoms. The third-order valence-electron chi connectivity index (χ3n) is 5.48. The van der Waals surface area contributed by atoms with E-state index in [-0.39, 0.29) is 10.8 Å². The highest BCUT2D eigenvalue weighted by Crippen LogP contribution is 2.29. The molecule has 0 N–H and O–H groups in total. The van der Waals surface area contributed by atoms with E-state index in [9.17, 15) is 8.42 Å². The minimum absolute atomic E-state index is 0.201. The molecule has 0 amide bonds. The summed E-state index contributed by atoms with van der Waals surface area (Å²) in [5, 5.41) is 3.82. The van der Waals surface area contributed by atoms with Crippen molar-refractivity contribution in [1.82, 2.24) is 24.0 Å². The highest BCUT2D eigenvalue weighted by Gasteiger charge is 2.34. The molecule has 1 fully saturated rings. The van der Waals surface area contributed by atoms with Gasteiger partial charge in [0.05, 0.1) is 0 Å². The van der Waals surface area contributed by atoms with Crippen molar-refractivity contribution in [3.8, 4) is 11.4 Å². The third-order valence-corrected chi connectivity index (χ3v) is 7.59. The van der Waals surface area contributed by atoms with E-state index in [4.69, 9.17) is 4.52 Å². The normalized spacial score (nSPS) is 18.2. The van der Waals surface area contributed by atoms with Crippen LogP contribution in [0.4, 0.5) is 0 Å². The third kappa shape index (κ3) is 3.72. The fraction of sp³-hybridized carbons (Fsp3) is 0.450. The Bertz CT molecular complexity index is 1090. The van der Waals surface area contributed by atoms with Crippen LogP contribution in [0.15, 0.2) is 40.1 Å². The number of aryl methyl sites for hydroxylation is 3. The lowest BCUT2D eigenvalue weighted by Crippen LogP contribution is -2.41. The number of aromatic nitrogens is 4. The highest BCUT2D eigenvalue weighted by molar-refractivity contribution is 7.89. The predicted molar refractivity (Wildman–Crippen MR) is 108 cm³/mol. The summed E-state index contributed by atoms with van der Waals surface area (Å²) in [6.07, 6.45) is 7.16. The molecule has 1 atom stereocenters. The van der Waals surface area contributed by atoms with Crippen LogP contribution < -0.4 is 0 Å². The molecule has 0 radical (unpaired) electrons. The second-order valence-electron chi connectivity index (χ2n) is 7.59. The Labute approximate surface area is 170 Å². The molecule has 29 heavy (non-hydrogen) atoms. The number of nitrogens with zero attached hydrogens (tertiary/aromatic N) is 5. The number of hydrogen-bond donors (Lipinski definition) is 0. The van der Waals surface area contributed by atoms with Gasteiger partial charge in [-0.15, -0.1) is 0 Å². The fourth-order valence-electron chi connectivity index (χ4n) is 4.05. The van der Waals surface area contributed by atoms with E-state index in [2.05, 4.69) is 19.7 Å². The average molecular weight is 416 g/mol. The van der Waals surface area contributed by atoms with E-state index in [1.54, 1.807) is 30.5 Å². The lowest BCUT2D eigenvalue weighted by molar-refractivity contribution is 0.244. The van der Waals surface area contributed by atoms with Crippen LogP contribution in [0.5, 0.6) is 0 Å². The molecule has 3 aromatic rings. The molecular weight excluding hydrogens is 390 g/mol. The van der Waals surface area contributed by atoms with Gasteiger partial charge in [0.15, 0.2) is 5.76 Å². The zero-order chi connectivity index (χ0) is 20.6. The molecule has 0 saturated carbocycles. The van der Waals surface area contributed by atoms with Crippen LogP contribution in [0.3, 0.4) is 0 Å². The second-order valence-corrected chi connectivity index (χ2v) is 9.47. The Morgan fingerprint density at radius 3 is 2.66 bits per heavy atom. The average Bonchev–Trinajstić information content (AvgIpc) is 3.25. The molecule has 4 rings (SSSR count). The maximum atomic E-state index is 13.2. The summed E-state index contributed by atoms with van der Waals surface area (Å²) < 4.78 is 35.2. The fourth-order valence-corrected chi connectivity index (χ4v) is 5.89. The van der Waals surface area contributed by atoms with Crippen LogP contribution in [0, 0.1) is 26.7 Å². The second kappa shape index (κ2) is 7.72. The number of sulfonamides is 1. The van der Waals surface area contributed by atoms with E-state index < -0.39 is 10.0 Å². The summed E-state index contributed by atoms with van der Waals surface area (Å²) >= 11 is 0. The molecule has 1 aliphatic heterocycles. The molecule has 1 aliphatic rings. The van der Waals surface area contributed by atoms with E-state index >= 15 is 0 Å². The number of imidazole rings is 1. The lowest BCUT2D eigenvalue weighted by atomic mass is 9.99. The summed E-state index contributed by atoms with van der Waals surface area (Å²) in [6, 6.07) is 3.88. The van der Waals surface area contributed by atoms with Gasteiger partial charge in [-0.25, -0.2) is 13.4 Å². The predicted octanol–water partition coefficient (Wildman–Crippen LogP) is 2.96.